The summed E-state index contributed by atoms with van der Waals surface area (Å²) in [4.78, 5) is 0. The highest BCUT2D eigenvalue weighted by Gasteiger charge is 2.12. The van der Waals surface area contributed by atoms with E-state index in [4.69, 9.17) is 5.11 Å². The third kappa shape index (κ3) is 3.83. The molecule has 1 rings (SSSR count). The lowest BCUT2D eigenvalue weighted by Gasteiger charge is -2.21. The maximum atomic E-state index is 8.94. The average Bonchev–Trinajstić information content (AvgIpc) is 2.17. The van der Waals surface area contributed by atoms with Crippen LogP contribution in [0.5, 0.6) is 0 Å². The molecule has 0 aliphatic heterocycles. The van der Waals surface area contributed by atoms with E-state index in [1.54, 1.807) is 6.20 Å². The molecular weight excluding hydrogens is 190 g/mol. The van der Waals surface area contributed by atoms with Crippen LogP contribution in [0.25, 0.3) is 0 Å². The summed E-state index contributed by atoms with van der Waals surface area (Å²) >= 11 is 0. The van der Waals surface area contributed by atoms with Gasteiger partial charge in [-0.2, -0.15) is 5.10 Å². The van der Waals surface area contributed by atoms with Crippen molar-refractivity contribution >= 4 is 5.82 Å². The molecule has 1 aromatic heterocycles. The van der Waals surface area contributed by atoms with Gasteiger partial charge in [0, 0.05) is 12.6 Å². The van der Waals surface area contributed by atoms with Crippen molar-refractivity contribution < 1.29 is 5.11 Å². The molecule has 0 aromatic carbocycles. The van der Waals surface area contributed by atoms with Crippen LogP contribution in [0.1, 0.15) is 25.8 Å². The molecule has 1 atom stereocenters. The second-order valence-electron chi connectivity index (χ2n) is 4.13. The normalized spacial score (nSPS) is 12.9. The van der Waals surface area contributed by atoms with Crippen LogP contribution < -0.4 is 5.32 Å². The first-order valence-corrected chi connectivity index (χ1v) is 5.30. The highest BCUT2D eigenvalue weighted by molar-refractivity contribution is 5.36. The molecular formula is C11H19N3O. The lowest BCUT2D eigenvalue weighted by Crippen LogP contribution is -2.27. The van der Waals surface area contributed by atoms with E-state index in [1.807, 2.05) is 13.0 Å². The molecule has 0 bridgehead atoms. The largest absolute Gasteiger partial charge is 0.396 e. The molecule has 1 heterocycles. The summed E-state index contributed by atoms with van der Waals surface area (Å²) in [5.41, 5.74) is 1.08. The van der Waals surface area contributed by atoms with Gasteiger partial charge >= 0.3 is 0 Å². The van der Waals surface area contributed by atoms with E-state index in [9.17, 15) is 0 Å². The molecule has 1 unspecified atom stereocenters. The van der Waals surface area contributed by atoms with E-state index in [-0.39, 0.29) is 12.6 Å². The summed E-state index contributed by atoms with van der Waals surface area (Å²) in [6.07, 6.45) is 2.45. The zero-order chi connectivity index (χ0) is 11.3. The number of anilines is 1. The molecule has 0 aliphatic carbocycles. The van der Waals surface area contributed by atoms with Crippen molar-refractivity contribution in [3.8, 4) is 0 Å². The predicted octanol–water partition coefficient (Wildman–Crippen LogP) is 1.60. The van der Waals surface area contributed by atoms with Crippen molar-refractivity contribution in [2.75, 3.05) is 11.9 Å². The molecule has 4 nitrogen and oxygen atoms in total. The SMILES string of the molecule is Cc1cnnc(NC(CCO)C(C)C)c1. The molecule has 0 amide bonds. The summed E-state index contributed by atoms with van der Waals surface area (Å²) in [5.74, 6) is 1.24. The van der Waals surface area contributed by atoms with E-state index < -0.39 is 0 Å². The van der Waals surface area contributed by atoms with Gasteiger partial charge < -0.3 is 10.4 Å². The van der Waals surface area contributed by atoms with Crippen LogP contribution >= 0.6 is 0 Å². The molecule has 0 fully saturated rings. The molecule has 4 heteroatoms. The van der Waals surface area contributed by atoms with Gasteiger partial charge in [-0.05, 0) is 30.9 Å². The maximum absolute atomic E-state index is 8.94. The van der Waals surface area contributed by atoms with Gasteiger partial charge in [-0.1, -0.05) is 13.8 Å². The second kappa shape index (κ2) is 5.66. The monoisotopic (exact) mass is 209 g/mol. The molecule has 0 saturated carbocycles. The summed E-state index contributed by atoms with van der Waals surface area (Å²) in [6.45, 7) is 6.42. The van der Waals surface area contributed by atoms with Crippen molar-refractivity contribution in [2.24, 2.45) is 5.92 Å². The minimum absolute atomic E-state index is 0.190. The van der Waals surface area contributed by atoms with Gasteiger partial charge in [0.1, 0.15) is 5.82 Å². The van der Waals surface area contributed by atoms with Crippen molar-refractivity contribution in [3.63, 3.8) is 0 Å². The Kier molecular flexibility index (Phi) is 4.49. The molecule has 0 saturated heterocycles. The number of rotatable bonds is 5. The molecule has 0 spiro atoms. The third-order valence-corrected chi connectivity index (χ3v) is 2.37. The fraction of sp³-hybridized carbons (Fsp3) is 0.636. The molecule has 0 aliphatic rings. The van der Waals surface area contributed by atoms with E-state index in [0.717, 1.165) is 17.8 Å². The predicted molar refractivity (Wildman–Crippen MR) is 60.7 cm³/mol. The molecule has 15 heavy (non-hydrogen) atoms. The maximum Gasteiger partial charge on any atom is 0.149 e. The van der Waals surface area contributed by atoms with Gasteiger partial charge in [0.05, 0.1) is 6.20 Å². The van der Waals surface area contributed by atoms with Gasteiger partial charge in [0.2, 0.25) is 0 Å². The van der Waals surface area contributed by atoms with Crippen LogP contribution in [0.3, 0.4) is 0 Å². The summed E-state index contributed by atoms with van der Waals surface area (Å²) in [7, 11) is 0. The number of hydrogen-bond donors (Lipinski definition) is 2. The first-order chi connectivity index (χ1) is 7.13. The van der Waals surface area contributed by atoms with Crippen LogP contribution in [0, 0.1) is 12.8 Å². The Morgan fingerprint density at radius 2 is 2.20 bits per heavy atom. The van der Waals surface area contributed by atoms with Gasteiger partial charge in [-0.25, -0.2) is 0 Å². The van der Waals surface area contributed by atoms with Crippen LogP contribution in [0.15, 0.2) is 12.3 Å². The Morgan fingerprint density at radius 1 is 1.47 bits per heavy atom. The average molecular weight is 209 g/mol. The minimum Gasteiger partial charge on any atom is -0.396 e. The Bertz CT molecular complexity index is 302. The Balaban J connectivity index is 2.65. The van der Waals surface area contributed by atoms with E-state index in [2.05, 4.69) is 29.4 Å². The van der Waals surface area contributed by atoms with E-state index >= 15 is 0 Å². The number of nitrogens with one attached hydrogen (secondary N) is 1. The standard InChI is InChI=1S/C11H19N3O/c1-8(2)10(4-5-15)13-11-6-9(3)7-12-14-11/h6-8,10,15H,4-5H2,1-3H3,(H,13,14). The smallest absolute Gasteiger partial charge is 0.149 e. The first-order valence-electron chi connectivity index (χ1n) is 5.30. The lowest BCUT2D eigenvalue weighted by atomic mass is 10.0. The Labute approximate surface area is 90.7 Å². The van der Waals surface area contributed by atoms with Crippen LogP contribution in [0.4, 0.5) is 5.82 Å². The summed E-state index contributed by atoms with van der Waals surface area (Å²) in [5, 5.41) is 20.1. The zero-order valence-electron chi connectivity index (χ0n) is 9.57. The summed E-state index contributed by atoms with van der Waals surface area (Å²) in [6, 6.07) is 2.20. The Hall–Kier alpha value is -1.16. The van der Waals surface area contributed by atoms with Crippen molar-refractivity contribution in [1.29, 1.82) is 0 Å². The van der Waals surface area contributed by atoms with Gasteiger partial charge in [0.25, 0.3) is 0 Å². The molecule has 0 radical (unpaired) electrons. The highest BCUT2D eigenvalue weighted by atomic mass is 16.3. The van der Waals surface area contributed by atoms with Crippen LogP contribution in [-0.4, -0.2) is 28.0 Å². The lowest BCUT2D eigenvalue weighted by molar-refractivity contribution is 0.267. The quantitative estimate of drug-likeness (QED) is 0.773. The van der Waals surface area contributed by atoms with E-state index in [1.165, 1.54) is 0 Å². The van der Waals surface area contributed by atoms with Crippen LogP contribution in [0.2, 0.25) is 0 Å². The number of aryl methyl sites for hydroxylation is 1. The van der Waals surface area contributed by atoms with Gasteiger partial charge in [-0.15, -0.1) is 5.10 Å². The fourth-order valence-electron chi connectivity index (χ4n) is 1.44. The molecule has 1 aromatic rings. The van der Waals surface area contributed by atoms with Crippen molar-refractivity contribution in [3.05, 3.63) is 17.8 Å². The number of nitrogens with zero attached hydrogens (tertiary/aromatic N) is 2. The Morgan fingerprint density at radius 3 is 2.73 bits per heavy atom. The topological polar surface area (TPSA) is 58.0 Å². The number of hydrogen-bond acceptors (Lipinski definition) is 4. The van der Waals surface area contributed by atoms with Crippen molar-refractivity contribution in [1.82, 2.24) is 10.2 Å². The fourth-order valence-corrected chi connectivity index (χ4v) is 1.44. The van der Waals surface area contributed by atoms with Gasteiger partial charge in [0.15, 0.2) is 0 Å². The number of aliphatic hydroxyl groups is 1. The number of aromatic nitrogens is 2. The first kappa shape index (κ1) is 11.9. The third-order valence-electron chi connectivity index (χ3n) is 2.37. The summed E-state index contributed by atoms with van der Waals surface area (Å²) < 4.78 is 0. The van der Waals surface area contributed by atoms with Gasteiger partial charge in [-0.3, -0.25) is 0 Å². The number of aliphatic hydroxyl groups excluding tert-OH is 1. The molecule has 84 valence electrons. The molecule has 2 N–H and O–H groups in total. The van der Waals surface area contributed by atoms with Crippen LogP contribution in [-0.2, 0) is 0 Å². The minimum atomic E-state index is 0.190. The second-order valence-corrected chi connectivity index (χ2v) is 4.13. The zero-order valence-corrected chi connectivity index (χ0v) is 9.57. The highest BCUT2D eigenvalue weighted by Crippen LogP contribution is 2.13. The van der Waals surface area contributed by atoms with Crippen molar-refractivity contribution in [2.45, 2.75) is 33.2 Å². The van der Waals surface area contributed by atoms with E-state index in [0.29, 0.717) is 5.92 Å².